The highest BCUT2D eigenvalue weighted by molar-refractivity contribution is 7.99. The zero-order valence-corrected chi connectivity index (χ0v) is 13.5. The van der Waals surface area contributed by atoms with Gasteiger partial charge in [0.25, 0.3) is 0 Å². The second-order valence-corrected chi connectivity index (χ2v) is 6.58. The van der Waals surface area contributed by atoms with Crippen molar-refractivity contribution in [2.45, 2.75) is 37.6 Å². The highest BCUT2D eigenvalue weighted by atomic mass is 35.5. The molecule has 0 saturated carbocycles. The Morgan fingerprint density at radius 1 is 1.52 bits per heavy atom. The maximum Gasteiger partial charge on any atom is 0.321 e. The van der Waals surface area contributed by atoms with Gasteiger partial charge >= 0.3 is 5.97 Å². The van der Waals surface area contributed by atoms with Crippen molar-refractivity contribution < 1.29 is 14.6 Å². The maximum atomic E-state index is 11.0. The summed E-state index contributed by atoms with van der Waals surface area (Å²) in [6, 6.07) is 4.99. The summed E-state index contributed by atoms with van der Waals surface area (Å²) in [6.45, 7) is 2.82. The minimum Gasteiger partial charge on any atom is -0.493 e. The summed E-state index contributed by atoms with van der Waals surface area (Å²) in [7, 11) is 0. The lowest BCUT2D eigenvalue weighted by atomic mass is 10.2. The number of benzene rings is 1. The molecule has 1 aromatic carbocycles. The van der Waals surface area contributed by atoms with Crippen molar-refractivity contribution in [3.63, 3.8) is 0 Å². The van der Waals surface area contributed by atoms with Crippen molar-refractivity contribution in [1.29, 1.82) is 0 Å². The largest absolute Gasteiger partial charge is 0.493 e. The number of hydrogen-bond acceptors (Lipinski definition) is 4. The molecular weight excluding hydrogens is 310 g/mol. The molecule has 0 bridgehead atoms. The number of nitrogens with one attached hydrogen (secondary N) is 1. The van der Waals surface area contributed by atoms with Crippen molar-refractivity contribution in [2.75, 3.05) is 12.4 Å². The standard InChI is InChI=1S/C15H20ClNO3S/c1-2-3-4-7-20-13-6-5-10(16)8-11(13)14-17-12(9-21-14)15(18)19/h5-6,8,12,14,17H,2-4,7,9H2,1H3,(H,18,19). The van der Waals surface area contributed by atoms with Crippen LogP contribution in [0.3, 0.4) is 0 Å². The Morgan fingerprint density at radius 2 is 2.33 bits per heavy atom. The van der Waals surface area contributed by atoms with E-state index in [1.165, 1.54) is 0 Å². The minimum atomic E-state index is -0.822. The van der Waals surface area contributed by atoms with Crippen LogP contribution in [0.4, 0.5) is 0 Å². The molecule has 2 rings (SSSR count). The summed E-state index contributed by atoms with van der Waals surface area (Å²) >= 11 is 7.64. The van der Waals surface area contributed by atoms with Crippen molar-refractivity contribution in [2.24, 2.45) is 0 Å². The Morgan fingerprint density at radius 3 is 3.00 bits per heavy atom. The average molecular weight is 330 g/mol. The molecule has 21 heavy (non-hydrogen) atoms. The van der Waals surface area contributed by atoms with Gasteiger partial charge < -0.3 is 9.84 Å². The molecule has 1 aliphatic heterocycles. The Labute approximate surface area is 134 Å². The minimum absolute atomic E-state index is 0.0917. The molecule has 1 fully saturated rings. The number of aliphatic carboxylic acids is 1. The van der Waals surface area contributed by atoms with Gasteiger partial charge in [-0.15, -0.1) is 11.8 Å². The van der Waals surface area contributed by atoms with Crippen molar-refractivity contribution in [3.8, 4) is 5.75 Å². The summed E-state index contributed by atoms with van der Waals surface area (Å²) in [5.74, 6) is 0.505. The molecule has 1 aromatic rings. The first kappa shape index (κ1) is 16.5. The van der Waals surface area contributed by atoms with Crippen LogP contribution in [0.25, 0.3) is 0 Å². The number of halogens is 1. The third kappa shape index (κ3) is 4.53. The van der Waals surface area contributed by atoms with Crippen LogP contribution in [0.15, 0.2) is 18.2 Å². The van der Waals surface area contributed by atoms with Gasteiger partial charge in [0, 0.05) is 16.3 Å². The average Bonchev–Trinajstić information content (AvgIpc) is 2.94. The zero-order valence-electron chi connectivity index (χ0n) is 12.0. The van der Waals surface area contributed by atoms with E-state index >= 15 is 0 Å². The Kier molecular flexibility index (Phi) is 6.21. The molecule has 1 aliphatic rings. The summed E-state index contributed by atoms with van der Waals surface area (Å²) in [4.78, 5) is 11.0. The lowest BCUT2D eigenvalue weighted by Crippen LogP contribution is -2.33. The van der Waals surface area contributed by atoms with Gasteiger partial charge in [0.15, 0.2) is 0 Å². The van der Waals surface area contributed by atoms with E-state index in [0.717, 1.165) is 30.6 Å². The van der Waals surface area contributed by atoms with Gasteiger partial charge in [0.2, 0.25) is 0 Å². The number of carbonyl (C=O) groups is 1. The van der Waals surface area contributed by atoms with Crippen LogP contribution >= 0.6 is 23.4 Å². The molecular formula is C15H20ClNO3S. The Bertz CT molecular complexity index is 498. The molecule has 1 heterocycles. The molecule has 2 atom stereocenters. The lowest BCUT2D eigenvalue weighted by molar-refractivity contribution is -0.138. The number of thioether (sulfide) groups is 1. The molecule has 0 aromatic heterocycles. The molecule has 2 unspecified atom stereocenters. The van der Waals surface area contributed by atoms with E-state index in [4.69, 9.17) is 21.4 Å². The van der Waals surface area contributed by atoms with E-state index in [0.29, 0.717) is 17.4 Å². The quantitative estimate of drug-likeness (QED) is 0.747. The summed E-state index contributed by atoms with van der Waals surface area (Å²) in [5.41, 5.74) is 0.924. The van der Waals surface area contributed by atoms with Gasteiger partial charge in [-0.2, -0.15) is 0 Å². The van der Waals surface area contributed by atoms with Crippen molar-refractivity contribution in [3.05, 3.63) is 28.8 Å². The SMILES string of the molecule is CCCCCOc1ccc(Cl)cc1C1NC(C(=O)O)CS1. The second-order valence-electron chi connectivity index (χ2n) is 5.01. The van der Waals surface area contributed by atoms with Crippen LogP contribution in [0, 0.1) is 0 Å². The van der Waals surface area contributed by atoms with E-state index in [1.54, 1.807) is 17.8 Å². The summed E-state index contributed by atoms with van der Waals surface area (Å²) in [6.07, 6.45) is 3.30. The van der Waals surface area contributed by atoms with Crippen LogP contribution < -0.4 is 10.1 Å². The Balaban J connectivity index is 2.07. The zero-order chi connectivity index (χ0) is 15.2. The van der Waals surface area contributed by atoms with Gasteiger partial charge in [-0.1, -0.05) is 31.4 Å². The second kappa shape index (κ2) is 7.92. The molecule has 4 nitrogen and oxygen atoms in total. The first-order chi connectivity index (χ1) is 10.1. The van der Waals surface area contributed by atoms with Crippen LogP contribution in [0.5, 0.6) is 5.75 Å². The molecule has 0 amide bonds. The van der Waals surface area contributed by atoms with E-state index in [9.17, 15) is 4.79 Å². The van der Waals surface area contributed by atoms with Crippen molar-refractivity contribution in [1.82, 2.24) is 5.32 Å². The van der Waals surface area contributed by atoms with E-state index < -0.39 is 12.0 Å². The smallest absolute Gasteiger partial charge is 0.321 e. The van der Waals surface area contributed by atoms with Gasteiger partial charge in [0.05, 0.1) is 12.0 Å². The van der Waals surface area contributed by atoms with E-state index in [-0.39, 0.29) is 5.37 Å². The predicted molar refractivity (Wildman–Crippen MR) is 86.2 cm³/mol. The molecule has 2 N–H and O–H groups in total. The first-order valence-corrected chi connectivity index (χ1v) is 8.57. The number of unbranched alkanes of at least 4 members (excludes halogenated alkanes) is 2. The number of carboxylic acid groups (broad SMARTS) is 1. The fourth-order valence-corrected chi connectivity index (χ4v) is 3.61. The molecule has 116 valence electrons. The topological polar surface area (TPSA) is 58.6 Å². The van der Waals surface area contributed by atoms with E-state index in [1.807, 2.05) is 12.1 Å². The number of rotatable bonds is 7. The molecule has 0 aliphatic carbocycles. The van der Waals surface area contributed by atoms with E-state index in [2.05, 4.69) is 12.2 Å². The molecule has 0 spiro atoms. The number of carboxylic acids is 1. The Hall–Kier alpha value is -0.910. The monoisotopic (exact) mass is 329 g/mol. The summed E-state index contributed by atoms with van der Waals surface area (Å²) < 4.78 is 5.84. The van der Waals surface area contributed by atoms with Crippen LogP contribution in [-0.2, 0) is 4.79 Å². The fourth-order valence-electron chi connectivity index (χ4n) is 2.18. The highest BCUT2D eigenvalue weighted by Crippen LogP contribution is 2.39. The van der Waals surface area contributed by atoms with Crippen molar-refractivity contribution >= 4 is 29.3 Å². The molecule has 1 saturated heterocycles. The fraction of sp³-hybridized carbons (Fsp3) is 0.533. The third-order valence-corrected chi connectivity index (χ3v) is 4.82. The first-order valence-electron chi connectivity index (χ1n) is 7.14. The lowest BCUT2D eigenvalue weighted by Gasteiger charge is -2.17. The highest BCUT2D eigenvalue weighted by Gasteiger charge is 2.32. The number of hydrogen-bond donors (Lipinski definition) is 2. The van der Waals surface area contributed by atoms with Crippen LogP contribution in [0.1, 0.15) is 37.1 Å². The maximum absolute atomic E-state index is 11.0. The molecule has 0 radical (unpaired) electrons. The van der Waals surface area contributed by atoms with Gasteiger partial charge in [-0.25, -0.2) is 0 Å². The predicted octanol–water partition coefficient (Wildman–Crippen LogP) is 3.70. The van der Waals surface area contributed by atoms with Crippen LogP contribution in [-0.4, -0.2) is 29.5 Å². The van der Waals surface area contributed by atoms with Gasteiger partial charge in [-0.05, 0) is 24.6 Å². The van der Waals surface area contributed by atoms with Gasteiger partial charge in [0.1, 0.15) is 11.8 Å². The number of ether oxygens (including phenoxy) is 1. The normalized spacial score (nSPS) is 21.4. The molecule has 6 heteroatoms. The summed E-state index contributed by atoms with van der Waals surface area (Å²) in [5, 5.41) is 12.7. The third-order valence-electron chi connectivity index (χ3n) is 3.34. The van der Waals surface area contributed by atoms with Crippen LogP contribution in [0.2, 0.25) is 5.02 Å². The van der Waals surface area contributed by atoms with Gasteiger partial charge in [-0.3, -0.25) is 10.1 Å².